The monoisotopic (exact) mass is 453 g/mol. The molecule has 7 rings (SSSR count). The number of allylic oxidation sites excluding steroid dienone is 2. The Morgan fingerprint density at radius 3 is 2.85 bits per heavy atom. The second-order valence-electron chi connectivity index (χ2n) is 11.2. The fraction of sp³-hybridized carbons (Fsp3) is 0.414. The lowest BCUT2D eigenvalue weighted by atomic mass is 9.48. The third kappa shape index (κ3) is 3.87. The van der Waals surface area contributed by atoms with Gasteiger partial charge in [-0.25, -0.2) is 0 Å². The molecular formula is C29H31N3O2. The molecule has 0 spiro atoms. The standard InChI is InChI=1S/C29H31N3O2/c1-28-14-20-13-21(15-28)17-29(16-20,19-28)18-26(33)31-25-7-4-6-24-23(25)9-12-32(27(24)34)11-8-22-5-2-3-10-30-22/h2-7,9-10,12,14,21H,8,11,13,15-19H2,1H3,(H,31,33). The lowest BCUT2D eigenvalue weighted by Gasteiger charge is -2.57. The quantitative estimate of drug-likeness (QED) is 0.502. The number of aryl methyl sites for hydroxylation is 2. The molecule has 1 aromatic carbocycles. The smallest absolute Gasteiger partial charge is 0.258 e. The topological polar surface area (TPSA) is 64.0 Å². The van der Waals surface area contributed by atoms with Gasteiger partial charge in [-0.15, -0.1) is 0 Å². The van der Waals surface area contributed by atoms with Gasteiger partial charge >= 0.3 is 0 Å². The first-order chi connectivity index (χ1) is 16.4. The molecule has 4 bridgehead atoms. The van der Waals surface area contributed by atoms with Gasteiger partial charge in [-0.3, -0.25) is 14.6 Å². The summed E-state index contributed by atoms with van der Waals surface area (Å²) >= 11 is 0. The van der Waals surface area contributed by atoms with E-state index in [1.807, 2.05) is 48.7 Å². The molecule has 2 fully saturated rings. The molecule has 34 heavy (non-hydrogen) atoms. The van der Waals surface area contributed by atoms with E-state index in [1.165, 1.54) is 19.3 Å². The predicted molar refractivity (Wildman–Crippen MR) is 135 cm³/mol. The number of fused-ring (bicyclic) bond motifs is 1. The van der Waals surface area contributed by atoms with Crippen LogP contribution in [0.5, 0.6) is 0 Å². The molecule has 0 saturated heterocycles. The number of benzene rings is 1. The van der Waals surface area contributed by atoms with Crippen LogP contribution >= 0.6 is 0 Å². The normalized spacial score (nSPS) is 27.1. The Bertz CT molecular complexity index is 1360. The van der Waals surface area contributed by atoms with Gasteiger partial charge in [-0.1, -0.05) is 30.7 Å². The number of pyridine rings is 2. The van der Waals surface area contributed by atoms with Crippen LogP contribution in [0.4, 0.5) is 5.69 Å². The van der Waals surface area contributed by atoms with Crippen molar-refractivity contribution >= 4 is 22.4 Å². The van der Waals surface area contributed by atoms with Crippen LogP contribution in [0.1, 0.15) is 51.1 Å². The van der Waals surface area contributed by atoms with E-state index < -0.39 is 0 Å². The highest BCUT2D eigenvalue weighted by Crippen LogP contribution is 2.63. The van der Waals surface area contributed by atoms with Gasteiger partial charge in [-0.05, 0) is 79.2 Å². The van der Waals surface area contributed by atoms with Crippen LogP contribution in [-0.4, -0.2) is 15.5 Å². The SMILES string of the molecule is CC12C=C3CC(C1)CC(CC(=O)Nc1cccc4c(=O)n(CCc5ccccn5)ccc14)(C3)C2. The minimum Gasteiger partial charge on any atom is -0.325 e. The number of aromatic nitrogens is 2. The Labute approximate surface area is 199 Å². The van der Waals surface area contributed by atoms with Crippen LogP contribution in [0.15, 0.2) is 71.3 Å². The number of nitrogens with one attached hydrogen (secondary N) is 1. The Morgan fingerprint density at radius 2 is 2.06 bits per heavy atom. The van der Waals surface area contributed by atoms with Crippen molar-refractivity contribution < 1.29 is 4.79 Å². The number of rotatable bonds is 6. The van der Waals surface area contributed by atoms with E-state index in [1.54, 1.807) is 16.3 Å². The maximum atomic E-state index is 13.2. The Morgan fingerprint density at radius 1 is 1.15 bits per heavy atom. The number of anilines is 1. The molecule has 0 aliphatic heterocycles. The summed E-state index contributed by atoms with van der Waals surface area (Å²) in [4.78, 5) is 30.7. The van der Waals surface area contributed by atoms with Crippen molar-refractivity contribution in [1.29, 1.82) is 0 Å². The molecule has 4 aliphatic rings. The highest BCUT2D eigenvalue weighted by molar-refractivity contribution is 6.02. The lowest BCUT2D eigenvalue weighted by molar-refractivity contribution is -0.121. The summed E-state index contributed by atoms with van der Waals surface area (Å²) in [6, 6.07) is 13.4. The Hall–Kier alpha value is -3.21. The molecule has 4 aliphatic carbocycles. The second-order valence-corrected chi connectivity index (χ2v) is 11.2. The van der Waals surface area contributed by atoms with E-state index in [9.17, 15) is 9.59 Å². The van der Waals surface area contributed by atoms with Crippen LogP contribution < -0.4 is 10.9 Å². The zero-order chi connectivity index (χ0) is 23.3. The number of carbonyl (C=O) groups excluding carboxylic acids is 1. The van der Waals surface area contributed by atoms with Gasteiger partial charge in [0.25, 0.3) is 5.56 Å². The number of nitrogens with zero attached hydrogens (tertiary/aromatic N) is 2. The van der Waals surface area contributed by atoms with E-state index in [0.717, 1.165) is 35.5 Å². The molecule has 3 aromatic rings. The third-order valence-corrected chi connectivity index (χ3v) is 8.12. The van der Waals surface area contributed by atoms with Crippen molar-refractivity contribution in [1.82, 2.24) is 9.55 Å². The van der Waals surface area contributed by atoms with Crippen LogP contribution in [-0.2, 0) is 17.8 Å². The molecule has 1 N–H and O–H groups in total. The molecule has 2 heterocycles. The molecule has 3 unspecified atom stereocenters. The first kappa shape index (κ1) is 21.3. The van der Waals surface area contributed by atoms with Crippen molar-refractivity contribution in [3.63, 3.8) is 0 Å². The minimum atomic E-state index is -0.0366. The molecule has 2 saturated carbocycles. The number of amides is 1. The maximum Gasteiger partial charge on any atom is 0.258 e. The zero-order valence-electron chi connectivity index (χ0n) is 19.7. The van der Waals surface area contributed by atoms with E-state index in [0.29, 0.717) is 24.8 Å². The Kier molecular flexibility index (Phi) is 4.98. The summed E-state index contributed by atoms with van der Waals surface area (Å²) in [7, 11) is 0. The minimum absolute atomic E-state index is 0.0366. The number of carbonyl (C=O) groups is 1. The summed E-state index contributed by atoms with van der Waals surface area (Å²) in [5.41, 5.74) is 3.60. The van der Waals surface area contributed by atoms with Crippen molar-refractivity contribution in [2.24, 2.45) is 16.7 Å². The summed E-state index contributed by atoms with van der Waals surface area (Å²) < 4.78 is 1.73. The third-order valence-electron chi connectivity index (χ3n) is 8.12. The van der Waals surface area contributed by atoms with Gasteiger partial charge in [0.05, 0.1) is 0 Å². The maximum absolute atomic E-state index is 13.2. The highest BCUT2D eigenvalue weighted by Gasteiger charge is 2.52. The number of hydrogen-bond acceptors (Lipinski definition) is 3. The second kappa shape index (κ2) is 7.93. The van der Waals surface area contributed by atoms with Crippen molar-refractivity contribution in [2.45, 2.75) is 58.4 Å². The average molecular weight is 454 g/mol. The van der Waals surface area contributed by atoms with Gasteiger partial charge in [-0.2, -0.15) is 0 Å². The molecule has 2 aromatic heterocycles. The fourth-order valence-electron chi connectivity index (χ4n) is 7.38. The molecule has 3 atom stereocenters. The van der Waals surface area contributed by atoms with Gasteiger partial charge < -0.3 is 9.88 Å². The van der Waals surface area contributed by atoms with E-state index in [2.05, 4.69) is 23.3 Å². The largest absolute Gasteiger partial charge is 0.325 e. The fourth-order valence-corrected chi connectivity index (χ4v) is 7.38. The molecule has 1 amide bonds. The summed E-state index contributed by atoms with van der Waals surface area (Å²) in [6.45, 7) is 2.94. The highest BCUT2D eigenvalue weighted by atomic mass is 16.1. The summed E-state index contributed by atoms with van der Waals surface area (Å²) in [6.07, 6.45) is 13.2. The van der Waals surface area contributed by atoms with Gasteiger partial charge in [0.2, 0.25) is 5.91 Å². The van der Waals surface area contributed by atoms with Crippen LogP contribution in [0.2, 0.25) is 0 Å². The summed E-state index contributed by atoms with van der Waals surface area (Å²) in [5.74, 6) is 0.806. The lowest BCUT2D eigenvalue weighted by Crippen LogP contribution is -2.47. The molecule has 5 heteroatoms. The molecule has 0 radical (unpaired) electrons. The predicted octanol–water partition coefficient (Wildman–Crippen LogP) is 5.49. The van der Waals surface area contributed by atoms with E-state index >= 15 is 0 Å². The Balaban J connectivity index is 1.20. The van der Waals surface area contributed by atoms with Crippen molar-refractivity contribution in [3.8, 4) is 0 Å². The first-order valence-corrected chi connectivity index (χ1v) is 12.4. The van der Waals surface area contributed by atoms with Crippen LogP contribution in [0.25, 0.3) is 10.8 Å². The van der Waals surface area contributed by atoms with E-state index in [-0.39, 0.29) is 22.3 Å². The average Bonchev–Trinajstić information content (AvgIpc) is 2.78. The van der Waals surface area contributed by atoms with Crippen molar-refractivity contribution in [2.75, 3.05) is 5.32 Å². The number of hydrogen-bond donors (Lipinski definition) is 1. The summed E-state index contributed by atoms with van der Waals surface area (Å²) in [5, 5.41) is 4.59. The molecule has 5 nitrogen and oxygen atoms in total. The van der Waals surface area contributed by atoms with Crippen LogP contribution in [0.3, 0.4) is 0 Å². The first-order valence-electron chi connectivity index (χ1n) is 12.4. The van der Waals surface area contributed by atoms with Crippen molar-refractivity contribution in [3.05, 3.63) is 82.6 Å². The molecule has 174 valence electrons. The van der Waals surface area contributed by atoms with E-state index in [4.69, 9.17) is 0 Å². The molecular weight excluding hydrogens is 422 g/mol. The van der Waals surface area contributed by atoms with Gasteiger partial charge in [0.15, 0.2) is 0 Å². The van der Waals surface area contributed by atoms with Gasteiger partial charge in [0.1, 0.15) is 0 Å². The van der Waals surface area contributed by atoms with Crippen LogP contribution in [0, 0.1) is 16.7 Å². The zero-order valence-corrected chi connectivity index (χ0v) is 19.7. The van der Waals surface area contributed by atoms with Gasteiger partial charge in [0, 0.05) is 53.9 Å².